The van der Waals surface area contributed by atoms with Crippen LogP contribution in [-0.2, 0) is 19.1 Å². The molecule has 0 bridgehead atoms. The summed E-state index contributed by atoms with van der Waals surface area (Å²) in [6.45, 7) is 4.04. The van der Waals surface area contributed by atoms with Crippen LogP contribution in [0, 0.1) is 0 Å². The quantitative estimate of drug-likeness (QED) is 0.0462. The van der Waals surface area contributed by atoms with E-state index in [1.165, 1.54) is 70.6 Å². The molecule has 0 unspecified atom stereocenters. The van der Waals surface area contributed by atoms with Crippen LogP contribution >= 0.6 is 0 Å². The van der Waals surface area contributed by atoms with Crippen LogP contribution < -0.4 is 0 Å². The maximum absolute atomic E-state index is 12.1. The van der Waals surface area contributed by atoms with Gasteiger partial charge < -0.3 is 14.6 Å². The fraction of sp³-hybridized carbons (Fsp3) is 0.744. The molecule has 1 atom stereocenters. The predicted molar refractivity (Wildman–Crippen MR) is 187 cm³/mol. The molecular weight excluding hydrogens is 548 g/mol. The van der Waals surface area contributed by atoms with Crippen LogP contribution in [0.3, 0.4) is 0 Å². The molecule has 0 aromatic carbocycles. The highest BCUT2D eigenvalue weighted by Gasteiger charge is 2.16. The summed E-state index contributed by atoms with van der Waals surface area (Å²) in [4.78, 5) is 24.2. The van der Waals surface area contributed by atoms with E-state index in [9.17, 15) is 14.7 Å². The van der Waals surface area contributed by atoms with Gasteiger partial charge in [-0.1, -0.05) is 127 Å². The maximum Gasteiger partial charge on any atom is 0.306 e. The molecular formula is C39H68O5. The number of aliphatic hydroxyl groups excluding tert-OH is 1. The number of hydrogen-bond donors (Lipinski definition) is 1. The zero-order valence-corrected chi connectivity index (χ0v) is 28.7. The van der Waals surface area contributed by atoms with Crippen molar-refractivity contribution < 1.29 is 24.2 Å². The molecule has 0 saturated carbocycles. The largest absolute Gasteiger partial charge is 0.462 e. The highest BCUT2D eigenvalue weighted by Crippen LogP contribution is 2.11. The Morgan fingerprint density at radius 3 is 1.34 bits per heavy atom. The van der Waals surface area contributed by atoms with Crippen molar-refractivity contribution in [1.82, 2.24) is 0 Å². The van der Waals surface area contributed by atoms with Crippen LogP contribution in [-0.4, -0.2) is 36.4 Å². The van der Waals surface area contributed by atoms with Crippen molar-refractivity contribution in [3.05, 3.63) is 48.6 Å². The molecule has 1 N–H and O–H groups in total. The van der Waals surface area contributed by atoms with E-state index in [2.05, 4.69) is 62.5 Å². The molecule has 0 aliphatic rings. The summed E-state index contributed by atoms with van der Waals surface area (Å²) < 4.78 is 10.6. The van der Waals surface area contributed by atoms with E-state index >= 15 is 0 Å². The minimum absolute atomic E-state index is 0.0799. The number of unbranched alkanes of at least 4 members (excludes halogenated alkanes) is 16. The Labute approximate surface area is 271 Å². The minimum Gasteiger partial charge on any atom is -0.462 e. The van der Waals surface area contributed by atoms with Gasteiger partial charge in [0, 0.05) is 12.8 Å². The van der Waals surface area contributed by atoms with Crippen LogP contribution in [0.15, 0.2) is 48.6 Å². The second-order valence-electron chi connectivity index (χ2n) is 11.9. The molecule has 0 spiro atoms. The van der Waals surface area contributed by atoms with Crippen molar-refractivity contribution in [2.45, 2.75) is 174 Å². The van der Waals surface area contributed by atoms with Gasteiger partial charge in [0.1, 0.15) is 6.61 Å². The number of aliphatic hydroxyl groups is 1. The Kier molecular flexibility index (Phi) is 33.6. The standard InChI is InChI=1S/C39H68O5/c1-3-5-7-9-11-13-15-17-19-21-23-25-27-29-31-33-38(41)43-36-37(35-40)44-39(42)34-32-30-28-26-24-22-20-18-16-14-12-10-8-6-4-2/h11-14,17-20,37,40H,3-10,15-16,21-36H2,1-2H3/b13-11+,14-12+,19-17+,20-18+/t37-/m1/s1. The highest BCUT2D eigenvalue weighted by molar-refractivity contribution is 5.70. The molecule has 0 amide bonds. The SMILES string of the molecule is CCCCC/C=C/C/C=C/CCCCCCCC(=O)OC[C@@H](CO)OC(=O)CCCCCCC/C=C/C/C=C/CCCCC. The summed E-state index contributed by atoms with van der Waals surface area (Å²) >= 11 is 0. The average Bonchev–Trinajstić information content (AvgIpc) is 3.02. The van der Waals surface area contributed by atoms with Crippen LogP contribution in [0.1, 0.15) is 168 Å². The lowest BCUT2D eigenvalue weighted by Crippen LogP contribution is -2.28. The Morgan fingerprint density at radius 2 is 0.909 bits per heavy atom. The molecule has 0 fully saturated rings. The molecule has 0 aliphatic carbocycles. The number of esters is 2. The third-order valence-electron chi connectivity index (χ3n) is 7.60. The van der Waals surface area contributed by atoms with Crippen LogP contribution in [0.2, 0.25) is 0 Å². The highest BCUT2D eigenvalue weighted by atomic mass is 16.6. The van der Waals surface area contributed by atoms with E-state index in [0.717, 1.165) is 70.6 Å². The summed E-state index contributed by atoms with van der Waals surface area (Å²) in [5, 5.41) is 9.52. The first-order chi connectivity index (χ1) is 21.6. The smallest absolute Gasteiger partial charge is 0.306 e. The molecule has 0 aliphatic heterocycles. The van der Waals surface area contributed by atoms with Crippen LogP contribution in [0.5, 0.6) is 0 Å². The van der Waals surface area contributed by atoms with Crippen LogP contribution in [0.4, 0.5) is 0 Å². The molecule has 5 nitrogen and oxygen atoms in total. The molecule has 0 heterocycles. The predicted octanol–water partition coefficient (Wildman–Crippen LogP) is 11.1. The molecule has 44 heavy (non-hydrogen) atoms. The van der Waals surface area contributed by atoms with Gasteiger partial charge in [-0.15, -0.1) is 0 Å². The Hall–Kier alpha value is -2.14. The van der Waals surface area contributed by atoms with E-state index in [4.69, 9.17) is 9.47 Å². The van der Waals surface area contributed by atoms with Gasteiger partial charge in [-0.05, 0) is 77.0 Å². The van der Waals surface area contributed by atoms with Gasteiger partial charge in [0.2, 0.25) is 0 Å². The fourth-order valence-corrected chi connectivity index (χ4v) is 4.79. The summed E-state index contributed by atoms with van der Waals surface area (Å²) in [6.07, 6.45) is 43.0. The lowest BCUT2D eigenvalue weighted by atomic mass is 10.1. The first kappa shape index (κ1) is 41.9. The summed E-state index contributed by atoms with van der Waals surface area (Å²) in [7, 11) is 0. The van der Waals surface area contributed by atoms with E-state index in [-0.39, 0.29) is 25.2 Å². The molecule has 0 saturated heterocycles. The Morgan fingerprint density at radius 1 is 0.523 bits per heavy atom. The molecule has 0 aromatic heterocycles. The van der Waals surface area contributed by atoms with Crippen molar-refractivity contribution in [2.24, 2.45) is 0 Å². The third-order valence-corrected chi connectivity index (χ3v) is 7.60. The molecule has 0 aromatic rings. The minimum atomic E-state index is -0.783. The maximum atomic E-state index is 12.1. The van der Waals surface area contributed by atoms with Crippen molar-refractivity contribution in [1.29, 1.82) is 0 Å². The van der Waals surface area contributed by atoms with Crippen molar-refractivity contribution in [3.63, 3.8) is 0 Å². The first-order valence-corrected chi connectivity index (χ1v) is 18.2. The van der Waals surface area contributed by atoms with E-state index in [1.807, 2.05) is 0 Å². The normalized spacial score (nSPS) is 12.7. The van der Waals surface area contributed by atoms with Gasteiger partial charge in [0.15, 0.2) is 6.10 Å². The van der Waals surface area contributed by atoms with Gasteiger partial charge in [-0.2, -0.15) is 0 Å². The number of carbonyl (C=O) groups excluding carboxylic acids is 2. The van der Waals surface area contributed by atoms with Gasteiger partial charge in [-0.25, -0.2) is 0 Å². The zero-order valence-electron chi connectivity index (χ0n) is 28.7. The summed E-state index contributed by atoms with van der Waals surface area (Å²) in [5.41, 5.74) is 0. The second-order valence-corrected chi connectivity index (χ2v) is 11.9. The van der Waals surface area contributed by atoms with E-state index < -0.39 is 6.10 Å². The topological polar surface area (TPSA) is 72.8 Å². The van der Waals surface area contributed by atoms with Gasteiger partial charge in [0.05, 0.1) is 6.61 Å². The van der Waals surface area contributed by atoms with Gasteiger partial charge in [0.25, 0.3) is 0 Å². The number of carbonyl (C=O) groups is 2. The number of ether oxygens (including phenoxy) is 2. The Balaban J connectivity index is 3.64. The number of allylic oxidation sites excluding steroid dienone is 8. The zero-order chi connectivity index (χ0) is 32.2. The second kappa shape index (κ2) is 35.3. The fourth-order valence-electron chi connectivity index (χ4n) is 4.79. The van der Waals surface area contributed by atoms with E-state index in [0.29, 0.717) is 12.8 Å². The molecule has 0 rings (SSSR count). The monoisotopic (exact) mass is 617 g/mol. The molecule has 0 radical (unpaired) electrons. The summed E-state index contributed by atoms with van der Waals surface area (Å²) in [6, 6.07) is 0. The summed E-state index contributed by atoms with van der Waals surface area (Å²) in [5.74, 6) is -0.626. The first-order valence-electron chi connectivity index (χ1n) is 18.2. The van der Waals surface area contributed by atoms with Crippen molar-refractivity contribution in [2.75, 3.05) is 13.2 Å². The lowest BCUT2D eigenvalue weighted by Gasteiger charge is -2.15. The Bertz CT molecular complexity index is 752. The average molecular weight is 617 g/mol. The third kappa shape index (κ3) is 32.8. The lowest BCUT2D eigenvalue weighted by molar-refractivity contribution is -0.161. The van der Waals surface area contributed by atoms with Gasteiger partial charge in [-0.3, -0.25) is 9.59 Å². The van der Waals surface area contributed by atoms with E-state index in [1.54, 1.807) is 0 Å². The van der Waals surface area contributed by atoms with Gasteiger partial charge >= 0.3 is 11.9 Å². The molecule has 5 heteroatoms. The van der Waals surface area contributed by atoms with Crippen LogP contribution in [0.25, 0.3) is 0 Å². The van der Waals surface area contributed by atoms with Crippen molar-refractivity contribution >= 4 is 11.9 Å². The number of rotatable bonds is 32. The molecule has 254 valence electrons. The van der Waals surface area contributed by atoms with Crippen molar-refractivity contribution in [3.8, 4) is 0 Å². The number of hydrogen-bond acceptors (Lipinski definition) is 5.